The first-order chi connectivity index (χ1) is 4.52. The van der Waals surface area contributed by atoms with Crippen molar-refractivity contribution in [3.05, 3.63) is 0 Å². The fourth-order valence-corrected chi connectivity index (χ4v) is 0.709. The Balaban J connectivity index is 4.39. The minimum absolute atomic E-state index is 0.119. The smallest absolute Gasteiger partial charge is 0.0576 e. The van der Waals surface area contributed by atoms with Crippen LogP contribution in [0.1, 0.15) is 20.8 Å². The van der Waals surface area contributed by atoms with Crippen molar-refractivity contribution in [2.45, 2.75) is 20.8 Å². The van der Waals surface area contributed by atoms with E-state index in [-0.39, 0.29) is 5.41 Å². The molecule has 58 valence electrons. The zero-order valence-corrected chi connectivity index (χ0v) is 7.47. The Kier molecular flexibility index (Phi) is 3.26. The highest BCUT2D eigenvalue weighted by atomic mass is 14.7. The van der Waals surface area contributed by atoms with Crippen molar-refractivity contribution in [2.75, 3.05) is 14.1 Å². The molecule has 0 aromatic rings. The van der Waals surface area contributed by atoms with Gasteiger partial charge in [0, 0.05) is 25.7 Å². The van der Waals surface area contributed by atoms with Crippen molar-refractivity contribution in [2.24, 2.45) is 15.4 Å². The molecule has 0 fully saturated rings. The summed E-state index contributed by atoms with van der Waals surface area (Å²) in [5, 5.41) is 0. The van der Waals surface area contributed by atoms with Crippen molar-refractivity contribution in [3.8, 4) is 0 Å². The zero-order valence-electron chi connectivity index (χ0n) is 7.47. The minimum atomic E-state index is 0.119. The summed E-state index contributed by atoms with van der Waals surface area (Å²) in [5.74, 6) is 0. The fraction of sp³-hybridized carbons (Fsp3) is 0.750. The van der Waals surface area contributed by atoms with E-state index < -0.39 is 0 Å². The van der Waals surface area contributed by atoms with Gasteiger partial charge in [-0.25, -0.2) is 0 Å². The molecule has 2 heteroatoms. The monoisotopic (exact) mass is 140 g/mol. The van der Waals surface area contributed by atoms with Gasteiger partial charge in [0.2, 0.25) is 0 Å². The van der Waals surface area contributed by atoms with Gasteiger partial charge in [0.25, 0.3) is 0 Å². The van der Waals surface area contributed by atoms with Crippen LogP contribution in [0.3, 0.4) is 0 Å². The summed E-state index contributed by atoms with van der Waals surface area (Å²) in [4.78, 5) is 8.03. The average molecular weight is 140 g/mol. The Labute approximate surface area is 63.1 Å². The van der Waals surface area contributed by atoms with E-state index >= 15 is 0 Å². The van der Waals surface area contributed by atoms with Gasteiger partial charge in [-0.05, 0) is 0 Å². The normalized spacial score (nSPS) is 14.7. The third-order valence-corrected chi connectivity index (χ3v) is 1.26. The van der Waals surface area contributed by atoms with Crippen molar-refractivity contribution < 1.29 is 0 Å². The second-order valence-corrected chi connectivity index (χ2v) is 3.25. The van der Waals surface area contributed by atoms with Gasteiger partial charge < -0.3 is 0 Å². The second kappa shape index (κ2) is 3.49. The first-order valence-electron chi connectivity index (χ1n) is 3.41. The van der Waals surface area contributed by atoms with Crippen LogP contribution in [0.5, 0.6) is 0 Å². The van der Waals surface area contributed by atoms with E-state index in [2.05, 4.69) is 30.8 Å². The molecular formula is C8H16N2. The van der Waals surface area contributed by atoms with E-state index in [4.69, 9.17) is 0 Å². The van der Waals surface area contributed by atoms with E-state index in [0.717, 1.165) is 5.71 Å². The first-order valence-corrected chi connectivity index (χ1v) is 3.41. The van der Waals surface area contributed by atoms with E-state index in [9.17, 15) is 0 Å². The maximum absolute atomic E-state index is 4.12. The van der Waals surface area contributed by atoms with E-state index in [0.29, 0.717) is 0 Å². The van der Waals surface area contributed by atoms with E-state index in [1.54, 1.807) is 20.3 Å². The number of aliphatic imine (C=N–C) groups is 2. The van der Waals surface area contributed by atoms with Crippen molar-refractivity contribution >= 4 is 11.9 Å². The largest absolute Gasteiger partial charge is 0.295 e. The van der Waals surface area contributed by atoms with Crippen molar-refractivity contribution in [1.29, 1.82) is 0 Å². The van der Waals surface area contributed by atoms with Gasteiger partial charge >= 0.3 is 0 Å². The summed E-state index contributed by atoms with van der Waals surface area (Å²) in [7, 11) is 3.55. The third-order valence-electron chi connectivity index (χ3n) is 1.26. The van der Waals surface area contributed by atoms with Crippen LogP contribution in [-0.2, 0) is 0 Å². The Morgan fingerprint density at radius 3 is 1.80 bits per heavy atom. The van der Waals surface area contributed by atoms with Crippen LogP contribution in [-0.4, -0.2) is 26.0 Å². The molecular weight excluding hydrogens is 124 g/mol. The van der Waals surface area contributed by atoms with Gasteiger partial charge in [-0.15, -0.1) is 0 Å². The summed E-state index contributed by atoms with van der Waals surface area (Å²) in [5.41, 5.74) is 1.16. The van der Waals surface area contributed by atoms with Crippen LogP contribution in [0.15, 0.2) is 9.98 Å². The molecule has 2 nitrogen and oxygen atoms in total. The maximum atomic E-state index is 4.12. The number of rotatable bonds is 1. The van der Waals surface area contributed by atoms with Crippen LogP contribution in [0.4, 0.5) is 0 Å². The molecule has 0 bridgehead atoms. The Bertz CT molecular complexity index is 149. The third kappa shape index (κ3) is 2.76. The summed E-state index contributed by atoms with van der Waals surface area (Å²) >= 11 is 0. The molecule has 0 saturated heterocycles. The molecule has 0 aliphatic rings. The second-order valence-electron chi connectivity index (χ2n) is 3.25. The van der Waals surface area contributed by atoms with Crippen molar-refractivity contribution in [3.63, 3.8) is 0 Å². The highest BCUT2D eigenvalue weighted by Crippen LogP contribution is 2.14. The van der Waals surface area contributed by atoms with Gasteiger partial charge in [-0.3, -0.25) is 9.98 Å². The lowest BCUT2D eigenvalue weighted by Gasteiger charge is -2.16. The lowest BCUT2D eigenvalue weighted by molar-refractivity contribution is 0.598. The number of hydrogen-bond acceptors (Lipinski definition) is 2. The Morgan fingerprint density at radius 1 is 1.20 bits per heavy atom. The Morgan fingerprint density at radius 2 is 1.70 bits per heavy atom. The molecule has 0 unspecified atom stereocenters. The lowest BCUT2D eigenvalue weighted by atomic mass is 9.90. The summed E-state index contributed by atoms with van der Waals surface area (Å²) in [6.45, 7) is 6.37. The fourth-order valence-electron chi connectivity index (χ4n) is 0.709. The molecule has 0 atom stereocenters. The molecule has 10 heavy (non-hydrogen) atoms. The SMILES string of the molecule is CN=CC(=NC)C(C)(C)C. The summed E-state index contributed by atoms with van der Waals surface area (Å²) in [6, 6.07) is 0. The molecule has 0 radical (unpaired) electrons. The highest BCUT2D eigenvalue weighted by Gasteiger charge is 2.15. The zero-order chi connectivity index (χ0) is 8.20. The molecule has 0 amide bonds. The highest BCUT2D eigenvalue weighted by molar-refractivity contribution is 6.32. The predicted octanol–water partition coefficient (Wildman–Crippen LogP) is 1.80. The van der Waals surface area contributed by atoms with Crippen LogP contribution < -0.4 is 0 Å². The molecule has 0 aliphatic carbocycles. The molecule has 0 aromatic heterocycles. The topological polar surface area (TPSA) is 24.7 Å². The molecule has 0 saturated carbocycles. The van der Waals surface area contributed by atoms with Crippen LogP contribution in [0.2, 0.25) is 0 Å². The molecule has 0 aromatic carbocycles. The predicted molar refractivity (Wildman–Crippen MR) is 47.2 cm³/mol. The average Bonchev–Trinajstić information content (AvgIpc) is 1.80. The van der Waals surface area contributed by atoms with Crippen molar-refractivity contribution in [1.82, 2.24) is 0 Å². The molecule has 0 aliphatic heterocycles. The van der Waals surface area contributed by atoms with Gasteiger partial charge in [-0.1, -0.05) is 20.8 Å². The lowest BCUT2D eigenvalue weighted by Crippen LogP contribution is -2.21. The summed E-state index contributed by atoms with van der Waals surface area (Å²) in [6.07, 6.45) is 1.81. The van der Waals surface area contributed by atoms with E-state index in [1.807, 2.05) is 0 Å². The van der Waals surface area contributed by atoms with Crippen LogP contribution in [0, 0.1) is 5.41 Å². The van der Waals surface area contributed by atoms with Gasteiger partial charge in [0.15, 0.2) is 0 Å². The van der Waals surface area contributed by atoms with Gasteiger partial charge in [0.05, 0.1) is 5.71 Å². The van der Waals surface area contributed by atoms with E-state index in [1.165, 1.54) is 0 Å². The first kappa shape index (κ1) is 9.34. The quantitative estimate of drug-likeness (QED) is 0.496. The van der Waals surface area contributed by atoms with Crippen LogP contribution >= 0.6 is 0 Å². The summed E-state index contributed by atoms with van der Waals surface area (Å²) < 4.78 is 0. The molecule has 0 heterocycles. The number of hydrogen-bond donors (Lipinski definition) is 0. The molecule has 0 N–H and O–H groups in total. The minimum Gasteiger partial charge on any atom is -0.295 e. The molecule has 0 spiro atoms. The Hall–Kier alpha value is -0.660. The standard InChI is InChI=1S/C8H16N2/c1-8(2,3)7(10-5)6-9-4/h6H,1-5H3. The van der Waals surface area contributed by atoms with Gasteiger partial charge in [0.1, 0.15) is 0 Å². The van der Waals surface area contributed by atoms with Crippen LogP contribution in [0.25, 0.3) is 0 Å². The van der Waals surface area contributed by atoms with Gasteiger partial charge in [-0.2, -0.15) is 0 Å². The number of nitrogens with zero attached hydrogens (tertiary/aromatic N) is 2. The maximum Gasteiger partial charge on any atom is 0.0576 e. The molecule has 0 rings (SSSR count).